The number of ether oxygens (including phenoxy) is 1. The van der Waals surface area contributed by atoms with Crippen molar-refractivity contribution in [3.05, 3.63) is 29.0 Å². The van der Waals surface area contributed by atoms with Crippen LogP contribution in [0.15, 0.2) is 18.2 Å². The molecule has 0 N–H and O–H groups in total. The Morgan fingerprint density at radius 1 is 1.50 bits per heavy atom. The molecule has 108 valence electrons. The number of hydrogen-bond acceptors (Lipinski definition) is 2. The van der Waals surface area contributed by atoms with Crippen molar-refractivity contribution in [1.29, 1.82) is 0 Å². The number of halogens is 1. The second-order valence-electron chi connectivity index (χ2n) is 5.66. The van der Waals surface area contributed by atoms with Crippen molar-refractivity contribution < 1.29 is 4.74 Å². The van der Waals surface area contributed by atoms with E-state index in [-0.39, 0.29) is 0 Å². The van der Waals surface area contributed by atoms with Gasteiger partial charge in [0, 0.05) is 17.5 Å². The smallest absolute Gasteiger partial charge is 0.112 e. The molecule has 0 amide bonds. The minimum Gasteiger partial charge on any atom is -0.376 e. The first-order valence-electron chi connectivity index (χ1n) is 7.46. The second-order valence-corrected chi connectivity index (χ2v) is 6.09. The van der Waals surface area contributed by atoms with E-state index in [2.05, 4.69) is 18.4 Å². The molecule has 20 heavy (non-hydrogen) atoms. The predicted octanol–water partition coefficient (Wildman–Crippen LogP) is 4.38. The molecular formula is C16H21ClN2O. The fourth-order valence-electron chi connectivity index (χ4n) is 2.86. The van der Waals surface area contributed by atoms with Crippen molar-refractivity contribution in [2.75, 3.05) is 6.61 Å². The average molecular weight is 293 g/mol. The van der Waals surface area contributed by atoms with Gasteiger partial charge in [0.25, 0.3) is 0 Å². The van der Waals surface area contributed by atoms with Gasteiger partial charge in [-0.2, -0.15) is 0 Å². The molecule has 0 spiro atoms. The molecule has 0 bridgehead atoms. The van der Waals surface area contributed by atoms with Gasteiger partial charge in [0.1, 0.15) is 5.82 Å². The van der Waals surface area contributed by atoms with Crippen LogP contribution in [0, 0.1) is 0 Å². The first-order chi connectivity index (χ1) is 9.69. The van der Waals surface area contributed by atoms with Crippen LogP contribution in [0.4, 0.5) is 0 Å². The number of rotatable bonds is 4. The first kappa shape index (κ1) is 13.9. The summed E-state index contributed by atoms with van der Waals surface area (Å²) in [6, 6.07) is 5.94. The molecule has 2 aromatic rings. The number of imidazole rings is 1. The fourth-order valence-corrected chi connectivity index (χ4v) is 3.02. The Labute approximate surface area is 124 Å². The lowest BCUT2D eigenvalue weighted by Gasteiger charge is -2.16. The molecule has 0 saturated carbocycles. The molecular weight excluding hydrogens is 272 g/mol. The second kappa shape index (κ2) is 5.74. The van der Waals surface area contributed by atoms with Crippen molar-refractivity contribution in [3.63, 3.8) is 0 Å². The molecule has 4 heteroatoms. The van der Waals surface area contributed by atoms with Gasteiger partial charge in [-0.05, 0) is 37.5 Å². The summed E-state index contributed by atoms with van der Waals surface area (Å²) in [5.74, 6) is 1.60. The highest BCUT2D eigenvalue weighted by Crippen LogP contribution is 2.28. The summed E-state index contributed by atoms with van der Waals surface area (Å²) >= 11 is 6.16. The Hall–Kier alpha value is -1.06. The lowest BCUT2D eigenvalue weighted by Crippen LogP contribution is -2.18. The third kappa shape index (κ3) is 2.57. The minimum absolute atomic E-state index is 0.314. The summed E-state index contributed by atoms with van der Waals surface area (Å²) in [6.07, 6.45) is 3.70. The molecule has 1 aliphatic heterocycles. The molecule has 2 atom stereocenters. The Bertz CT molecular complexity index is 602. The number of nitrogens with zero attached hydrogens (tertiary/aromatic N) is 2. The van der Waals surface area contributed by atoms with Crippen molar-refractivity contribution >= 4 is 22.6 Å². The largest absolute Gasteiger partial charge is 0.376 e. The van der Waals surface area contributed by atoms with E-state index in [0.29, 0.717) is 12.0 Å². The van der Waals surface area contributed by atoms with Crippen LogP contribution in [0.25, 0.3) is 11.0 Å². The zero-order chi connectivity index (χ0) is 14.1. The van der Waals surface area contributed by atoms with Gasteiger partial charge in [0.05, 0.1) is 23.7 Å². The molecule has 1 aliphatic rings. The lowest BCUT2D eigenvalue weighted by molar-refractivity contribution is 0.0970. The predicted molar refractivity (Wildman–Crippen MR) is 82.4 cm³/mol. The quantitative estimate of drug-likeness (QED) is 0.836. The standard InChI is InChI=1S/C16H21ClN2O/c1-3-11(2)16-18-14-7-6-12(17)9-15(14)19(16)10-13-5-4-8-20-13/h6-7,9,11,13H,3-5,8,10H2,1-2H3. The van der Waals surface area contributed by atoms with Gasteiger partial charge in [-0.3, -0.25) is 0 Å². The topological polar surface area (TPSA) is 27.1 Å². The van der Waals surface area contributed by atoms with Crippen LogP contribution >= 0.6 is 11.6 Å². The first-order valence-corrected chi connectivity index (χ1v) is 7.84. The SMILES string of the molecule is CCC(C)c1nc2ccc(Cl)cc2n1CC1CCCO1. The summed E-state index contributed by atoms with van der Waals surface area (Å²) in [7, 11) is 0. The van der Waals surface area contributed by atoms with Crippen molar-refractivity contribution in [3.8, 4) is 0 Å². The Kier molecular flexibility index (Phi) is 3.99. The van der Waals surface area contributed by atoms with Gasteiger partial charge < -0.3 is 9.30 Å². The van der Waals surface area contributed by atoms with Crippen LogP contribution < -0.4 is 0 Å². The van der Waals surface area contributed by atoms with Gasteiger partial charge in [-0.25, -0.2) is 4.98 Å². The fraction of sp³-hybridized carbons (Fsp3) is 0.562. The summed E-state index contributed by atoms with van der Waals surface area (Å²) in [5, 5.41) is 0.765. The number of benzene rings is 1. The van der Waals surface area contributed by atoms with Crippen molar-refractivity contribution in [1.82, 2.24) is 9.55 Å². The van der Waals surface area contributed by atoms with E-state index >= 15 is 0 Å². The van der Waals surface area contributed by atoms with E-state index in [1.807, 2.05) is 18.2 Å². The molecule has 3 rings (SSSR count). The van der Waals surface area contributed by atoms with Crippen molar-refractivity contribution in [2.24, 2.45) is 0 Å². The average Bonchev–Trinajstić information content (AvgIpc) is 3.07. The molecule has 1 fully saturated rings. The van der Waals surface area contributed by atoms with Gasteiger partial charge >= 0.3 is 0 Å². The van der Waals surface area contributed by atoms with Crippen LogP contribution in [0.1, 0.15) is 44.9 Å². The molecule has 1 aromatic carbocycles. The Morgan fingerprint density at radius 3 is 3.05 bits per heavy atom. The molecule has 1 aromatic heterocycles. The summed E-state index contributed by atoms with van der Waals surface area (Å²) < 4.78 is 8.10. The Balaban J connectivity index is 2.05. The summed E-state index contributed by atoms with van der Waals surface area (Å²) in [6.45, 7) is 6.20. The zero-order valence-corrected chi connectivity index (χ0v) is 12.9. The van der Waals surface area contributed by atoms with Crippen LogP contribution in [-0.2, 0) is 11.3 Å². The van der Waals surface area contributed by atoms with Crippen LogP contribution in [0.2, 0.25) is 5.02 Å². The highest BCUT2D eigenvalue weighted by Gasteiger charge is 2.21. The van der Waals surface area contributed by atoms with E-state index in [1.54, 1.807) is 0 Å². The maximum Gasteiger partial charge on any atom is 0.112 e. The summed E-state index contributed by atoms with van der Waals surface area (Å²) in [5.41, 5.74) is 2.16. The maximum atomic E-state index is 6.16. The van der Waals surface area contributed by atoms with Crippen LogP contribution in [-0.4, -0.2) is 22.3 Å². The van der Waals surface area contributed by atoms with E-state index in [4.69, 9.17) is 21.3 Å². The zero-order valence-electron chi connectivity index (χ0n) is 12.1. The van der Waals surface area contributed by atoms with E-state index in [1.165, 1.54) is 0 Å². The van der Waals surface area contributed by atoms with E-state index in [0.717, 1.165) is 54.3 Å². The van der Waals surface area contributed by atoms with Gasteiger partial charge in [0.15, 0.2) is 0 Å². The molecule has 2 heterocycles. The maximum absolute atomic E-state index is 6.16. The molecule has 3 nitrogen and oxygen atoms in total. The molecule has 0 aliphatic carbocycles. The third-order valence-electron chi connectivity index (χ3n) is 4.20. The number of aromatic nitrogens is 2. The normalized spacial score (nSPS) is 20.6. The van der Waals surface area contributed by atoms with Gasteiger partial charge in [-0.15, -0.1) is 0 Å². The highest BCUT2D eigenvalue weighted by atomic mass is 35.5. The van der Waals surface area contributed by atoms with Gasteiger partial charge in [-0.1, -0.05) is 25.4 Å². The highest BCUT2D eigenvalue weighted by molar-refractivity contribution is 6.31. The minimum atomic E-state index is 0.314. The van der Waals surface area contributed by atoms with Gasteiger partial charge in [0.2, 0.25) is 0 Å². The van der Waals surface area contributed by atoms with Crippen LogP contribution in [0.3, 0.4) is 0 Å². The number of fused-ring (bicyclic) bond motifs is 1. The molecule has 1 saturated heterocycles. The van der Waals surface area contributed by atoms with Crippen molar-refractivity contribution in [2.45, 2.75) is 51.7 Å². The monoisotopic (exact) mass is 292 g/mol. The summed E-state index contributed by atoms with van der Waals surface area (Å²) in [4.78, 5) is 4.82. The molecule has 2 unspecified atom stereocenters. The van der Waals surface area contributed by atoms with Crippen LogP contribution in [0.5, 0.6) is 0 Å². The lowest BCUT2D eigenvalue weighted by atomic mass is 10.1. The van der Waals surface area contributed by atoms with E-state index in [9.17, 15) is 0 Å². The molecule has 0 radical (unpaired) electrons. The third-order valence-corrected chi connectivity index (χ3v) is 4.44. The Morgan fingerprint density at radius 2 is 2.35 bits per heavy atom. The number of hydrogen-bond donors (Lipinski definition) is 0. The van der Waals surface area contributed by atoms with E-state index < -0.39 is 0 Å².